The number of aliphatic hydroxyl groups excluding tert-OH is 1. The highest BCUT2D eigenvalue weighted by atomic mass is 19.1. The van der Waals surface area contributed by atoms with Gasteiger partial charge in [-0.1, -0.05) is 85.8 Å². The van der Waals surface area contributed by atoms with Crippen LogP contribution < -0.4 is 4.74 Å². The molecule has 224 valence electrons. The quantitative estimate of drug-likeness (QED) is 0.183. The lowest BCUT2D eigenvalue weighted by atomic mass is 9.77. The van der Waals surface area contributed by atoms with Crippen molar-refractivity contribution in [1.82, 2.24) is 4.90 Å². The van der Waals surface area contributed by atoms with E-state index in [-0.39, 0.29) is 29.4 Å². The topological polar surface area (TPSA) is 70.0 Å². The van der Waals surface area contributed by atoms with Gasteiger partial charge in [-0.3, -0.25) is 4.79 Å². The molecule has 2 aliphatic rings. The third kappa shape index (κ3) is 6.31. The molecule has 4 aromatic carbocycles. The van der Waals surface area contributed by atoms with Crippen LogP contribution >= 0.6 is 0 Å². The molecule has 6 heteroatoms. The number of β-lactam (4-membered cyclic amide) rings is 1. The average Bonchev–Trinajstić information content (AvgIpc) is 3.04. The van der Waals surface area contributed by atoms with Crippen molar-refractivity contribution in [3.8, 4) is 22.6 Å². The highest BCUT2D eigenvalue weighted by Crippen LogP contribution is 2.50. The number of carbonyl (C=O) groups is 1. The number of phenolic OH excluding ortho intramolecular Hbond substituents is 1. The highest BCUT2D eigenvalue weighted by molar-refractivity contribution is 5.89. The second kappa shape index (κ2) is 12.9. The fourth-order valence-electron chi connectivity index (χ4n) is 6.06. The average molecular weight is 590 g/mol. The number of benzene rings is 4. The molecule has 0 radical (unpaired) electrons. The number of carbonyl (C=O) groups excluding carboxylic acids is 1. The standard InChI is InChI=1S/C38H36FNO4/c1-25-10-17-31(18-11-25)40-37(34(38(40)43)20-21-35(42)27-12-15-30(39)16-13-27)33-19-14-29(28-8-5-9-32(41)22-28)23-36(33)44-24-26-6-3-2-4-7-26/h2-10,12-19,22-23,25,34-35,37,41-42H,11,20-21,24H2,1H3/t25?,34?,35-,37+/m0/s1. The molecular weight excluding hydrogens is 553 g/mol. The Morgan fingerprint density at radius 1 is 0.955 bits per heavy atom. The van der Waals surface area contributed by atoms with Gasteiger partial charge in [-0.2, -0.15) is 0 Å². The fraction of sp³-hybridized carbons (Fsp3) is 0.237. The summed E-state index contributed by atoms with van der Waals surface area (Å²) in [6.45, 7) is 2.50. The molecule has 44 heavy (non-hydrogen) atoms. The number of hydrogen-bond acceptors (Lipinski definition) is 4. The van der Waals surface area contributed by atoms with Gasteiger partial charge in [0.1, 0.15) is 23.9 Å². The summed E-state index contributed by atoms with van der Waals surface area (Å²) in [5, 5.41) is 21.0. The molecule has 5 nitrogen and oxygen atoms in total. The van der Waals surface area contributed by atoms with Crippen LogP contribution in [0, 0.1) is 17.7 Å². The Morgan fingerprint density at radius 2 is 1.73 bits per heavy atom. The number of phenols is 1. The molecule has 1 amide bonds. The Morgan fingerprint density at radius 3 is 2.45 bits per heavy atom. The number of amides is 1. The van der Waals surface area contributed by atoms with Crippen LogP contribution in [0.5, 0.6) is 11.5 Å². The van der Waals surface area contributed by atoms with Crippen molar-refractivity contribution in [1.29, 1.82) is 0 Å². The first-order chi connectivity index (χ1) is 21.4. The summed E-state index contributed by atoms with van der Waals surface area (Å²) in [6, 6.07) is 28.6. The van der Waals surface area contributed by atoms with E-state index in [4.69, 9.17) is 4.74 Å². The Hall–Kier alpha value is -4.68. The number of allylic oxidation sites excluding steroid dienone is 3. The zero-order valence-corrected chi connectivity index (χ0v) is 24.6. The van der Waals surface area contributed by atoms with Crippen LogP contribution in [-0.2, 0) is 11.4 Å². The number of nitrogens with zero attached hydrogens (tertiary/aromatic N) is 1. The van der Waals surface area contributed by atoms with E-state index >= 15 is 0 Å². The molecular formula is C38H36FNO4. The number of rotatable bonds is 10. The lowest BCUT2D eigenvalue weighted by Gasteiger charge is -2.49. The molecule has 4 aromatic rings. The maximum absolute atomic E-state index is 13.8. The lowest BCUT2D eigenvalue weighted by Crippen LogP contribution is -2.54. The zero-order chi connectivity index (χ0) is 30.6. The van der Waals surface area contributed by atoms with E-state index in [0.717, 1.165) is 34.4 Å². The normalized spacial score (nSPS) is 20.2. The SMILES string of the molecule is CC1C=CC(N2C(=O)C(CC[C@H](O)c3ccc(F)cc3)[C@H]2c2ccc(-c3cccc(O)c3)cc2OCc2ccccc2)=CC1. The van der Waals surface area contributed by atoms with Crippen LogP contribution in [0.3, 0.4) is 0 Å². The molecule has 0 aromatic heterocycles. The molecule has 1 aliphatic carbocycles. The predicted octanol–water partition coefficient (Wildman–Crippen LogP) is 8.27. The van der Waals surface area contributed by atoms with Crippen LogP contribution in [0.25, 0.3) is 11.1 Å². The Labute approximate surface area is 257 Å². The van der Waals surface area contributed by atoms with E-state index in [2.05, 4.69) is 19.1 Å². The summed E-state index contributed by atoms with van der Waals surface area (Å²) in [5.74, 6) is 0.532. The Balaban J connectivity index is 1.35. The Kier molecular flexibility index (Phi) is 8.62. The molecule has 0 saturated carbocycles. The minimum absolute atomic E-state index is 0.0119. The first kappa shape index (κ1) is 29.4. The summed E-state index contributed by atoms with van der Waals surface area (Å²) in [5.41, 5.74) is 5.15. The molecule has 1 heterocycles. The van der Waals surface area contributed by atoms with Gasteiger partial charge in [-0.05, 0) is 83.8 Å². The Bertz CT molecular complexity index is 1680. The van der Waals surface area contributed by atoms with Crippen LogP contribution in [0.1, 0.15) is 55.0 Å². The first-order valence-corrected chi connectivity index (χ1v) is 15.1. The molecule has 0 spiro atoms. The van der Waals surface area contributed by atoms with E-state index in [0.29, 0.717) is 36.7 Å². The number of aromatic hydroxyl groups is 1. The first-order valence-electron chi connectivity index (χ1n) is 15.1. The van der Waals surface area contributed by atoms with Crippen LogP contribution in [0.4, 0.5) is 4.39 Å². The van der Waals surface area contributed by atoms with E-state index in [9.17, 15) is 19.4 Å². The maximum atomic E-state index is 13.8. The number of ether oxygens (including phenoxy) is 1. The molecule has 2 unspecified atom stereocenters. The van der Waals surface area contributed by atoms with Gasteiger partial charge in [-0.15, -0.1) is 0 Å². The third-order valence-corrected chi connectivity index (χ3v) is 8.54. The summed E-state index contributed by atoms with van der Waals surface area (Å²) in [6.07, 6.45) is 7.12. The van der Waals surface area contributed by atoms with Crippen LogP contribution in [0.15, 0.2) is 121 Å². The van der Waals surface area contributed by atoms with E-state index < -0.39 is 6.10 Å². The van der Waals surface area contributed by atoms with E-state index in [1.807, 2.05) is 65.6 Å². The van der Waals surface area contributed by atoms with Crippen molar-refractivity contribution in [2.45, 2.75) is 44.9 Å². The van der Waals surface area contributed by atoms with Gasteiger partial charge >= 0.3 is 0 Å². The van der Waals surface area contributed by atoms with Crippen molar-refractivity contribution >= 4 is 5.91 Å². The van der Waals surface area contributed by atoms with Gasteiger partial charge in [0.25, 0.3) is 0 Å². The second-order valence-electron chi connectivity index (χ2n) is 11.7. The van der Waals surface area contributed by atoms with Gasteiger partial charge in [0, 0.05) is 11.3 Å². The summed E-state index contributed by atoms with van der Waals surface area (Å²) in [4.78, 5) is 15.6. The molecule has 2 N–H and O–H groups in total. The van der Waals surface area contributed by atoms with Crippen molar-refractivity contribution in [2.75, 3.05) is 0 Å². The predicted molar refractivity (Wildman–Crippen MR) is 169 cm³/mol. The number of aliphatic hydroxyl groups is 1. The number of likely N-dealkylation sites (tertiary alicyclic amines) is 1. The van der Waals surface area contributed by atoms with E-state index in [1.165, 1.54) is 12.1 Å². The summed E-state index contributed by atoms with van der Waals surface area (Å²) in [7, 11) is 0. The van der Waals surface area contributed by atoms with Gasteiger partial charge in [0.2, 0.25) is 5.91 Å². The van der Waals surface area contributed by atoms with Crippen molar-refractivity contribution in [3.63, 3.8) is 0 Å². The second-order valence-corrected chi connectivity index (χ2v) is 11.7. The summed E-state index contributed by atoms with van der Waals surface area (Å²) >= 11 is 0. The van der Waals surface area contributed by atoms with Crippen molar-refractivity contribution in [3.05, 3.63) is 143 Å². The molecule has 0 bridgehead atoms. The van der Waals surface area contributed by atoms with Crippen molar-refractivity contribution in [2.24, 2.45) is 11.8 Å². The van der Waals surface area contributed by atoms with Gasteiger partial charge in [0.15, 0.2) is 0 Å². The lowest BCUT2D eigenvalue weighted by molar-refractivity contribution is -0.153. The molecule has 1 saturated heterocycles. The molecule has 1 aliphatic heterocycles. The molecule has 4 atom stereocenters. The van der Waals surface area contributed by atoms with Crippen LogP contribution in [-0.4, -0.2) is 21.0 Å². The minimum Gasteiger partial charge on any atom is -0.508 e. The zero-order valence-electron chi connectivity index (χ0n) is 24.6. The smallest absolute Gasteiger partial charge is 0.233 e. The number of halogens is 1. The molecule has 6 rings (SSSR count). The third-order valence-electron chi connectivity index (χ3n) is 8.54. The van der Waals surface area contributed by atoms with Crippen molar-refractivity contribution < 1.29 is 24.1 Å². The molecule has 1 fully saturated rings. The van der Waals surface area contributed by atoms with Gasteiger partial charge in [-0.25, -0.2) is 4.39 Å². The summed E-state index contributed by atoms with van der Waals surface area (Å²) < 4.78 is 20.0. The van der Waals surface area contributed by atoms with Gasteiger partial charge < -0.3 is 19.8 Å². The minimum atomic E-state index is -0.810. The number of hydrogen-bond donors (Lipinski definition) is 2. The van der Waals surface area contributed by atoms with Crippen LogP contribution in [0.2, 0.25) is 0 Å². The maximum Gasteiger partial charge on any atom is 0.233 e. The highest BCUT2D eigenvalue weighted by Gasteiger charge is 2.50. The largest absolute Gasteiger partial charge is 0.508 e. The van der Waals surface area contributed by atoms with E-state index in [1.54, 1.807) is 30.3 Å². The monoisotopic (exact) mass is 589 g/mol. The fourth-order valence-corrected chi connectivity index (χ4v) is 6.06. The van der Waals surface area contributed by atoms with Gasteiger partial charge in [0.05, 0.1) is 18.1 Å².